The lowest BCUT2D eigenvalue weighted by Gasteiger charge is -2.16. The molecule has 1 heterocycles. The first-order valence-corrected chi connectivity index (χ1v) is 9.75. The van der Waals surface area contributed by atoms with E-state index in [0.29, 0.717) is 34.5 Å². The number of hydroxylamine groups is 1. The fourth-order valence-corrected chi connectivity index (χ4v) is 3.59. The third-order valence-corrected chi connectivity index (χ3v) is 5.10. The molecule has 0 radical (unpaired) electrons. The maximum atomic E-state index is 13.4. The first kappa shape index (κ1) is 19.6. The molecule has 2 aromatic carbocycles. The molecule has 7 heteroatoms. The van der Waals surface area contributed by atoms with Gasteiger partial charge in [-0.3, -0.25) is 19.4 Å². The molecule has 0 spiro atoms. The average Bonchev–Trinajstić information content (AvgIpc) is 2.78. The van der Waals surface area contributed by atoms with Crippen LogP contribution in [0.1, 0.15) is 34.6 Å². The number of aromatic nitrogens is 2. The number of hydrogen-bond donors (Lipinski definition) is 3. The Morgan fingerprint density at radius 2 is 1.97 bits per heavy atom. The largest absolute Gasteiger partial charge is 0.380 e. The van der Waals surface area contributed by atoms with Crippen molar-refractivity contribution >= 4 is 28.2 Å². The number of fused-ring (bicyclic) bond motifs is 1. The Balaban J connectivity index is 1.68. The normalized spacial score (nSPS) is 13.2. The molecule has 0 atom stereocenters. The molecule has 1 aliphatic rings. The number of carbonyl (C=O) groups excluding carboxylic acids is 1. The predicted octanol–water partition coefficient (Wildman–Crippen LogP) is 3.63. The summed E-state index contributed by atoms with van der Waals surface area (Å²) in [4.78, 5) is 29.5. The zero-order valence-corrected chi connectivity index (χ0v) is 16.6. The Morgan fingerprint density at radius 1 is 1.17 bits per heavy atom. The van der Waals surface area contributed by atoms with Crippen molar-refractivity contribution in [3.05, 3.63) is 88.0 Å². The first-order chi connectivity index (χ1) is 14.6. The van der Waals surface area contributed by atoms with Crippen molar-refractivity contribution < 1.29 is 10.0 Å². The lowest BCUT2D eigenvalue weighted by Crippen LogP contribution is -2.24. The number of carbonyl (C=O) groups is 1. The lowest BCUT2D eigenvalue weighted by atomic mass is 10.1. The molecule has 0 unspecified atom stereocenters. The van der Waals surface area contributed by atoms with Gasteiger partial charge < -0.3 is 5.32 Å². The van der Waals surface area contributed by atoms with E-state index >= 15 is 0 Å². The van der Waals surface area contributed by atoms with E-state index in [4.69, 9.17) is 5.21 Å². The van der Waals surface area contributed by atoms with Gasteiger partial charge in [-0.1, -0.05) is 30.4 Å². The average molecular weight is 402 g/mol. The molecular formula is C23H22N4O3. The number of amides is 1. The van der Waals surface area contributed by atoms with Crippen LogP contribution in [0.3, 0.4) is 0 Å². The third-order valence-electron chi connectivity index (χ3n) is 5.10. The molecule has 30 heavy (non-hydrogen) atoms. The fraction of sp³-hybridized carbons (Fsp3) is 0.174. The summed E-state index contributed by atoms with van der Waals surface area (Å²) in [5.41, 5.74) is 5.01. The number of anilines is 1. The zero-order valence-electron chi connectivity index (χ0n) is 16.6. The van der Waals surface area contributed by atoms with Crippen molar-refractivity contribution in [2.75, 3.05) is 5.32 Å². The number of aryl methyl sites for hydroxylation is 1. The number of allylic oxidation sites excluding steroid dienone is 4. The van der Waals surface area contributed by atoms with Gasteiger partial charge in [0.05, 0.1) is 10.9 Å². The molecule has 1 aliphatic carbocycles. The molecule has 3 aromatic rings. The van der Waals surface area contributed by atoms with Gasteiger partial charge in [-0.05, 0) is 55.7 Å². The van der Waals surface area contributed by atoms with Crippen molar-refractivity contribution in [3.8, 4) is 0 Å². The molecule has 3 N–H and O–H groups in total. The van der Waals surface area contributed by atoms with E-state index in [-0.39, 0.29) is 5.56 Å². The summed E-state index contributed by atoms with van der Waals surface area (Å²) in [5, 5.41) is 12.6. The number of hydrogen-bond acceptors (Lipinski definition) is 5. The highest BCUT2D eigenvalue weighted by Crippen LogP contribution is 2.22. The van der Waals surface area contributed by atoms with Gasteiger partial charge in [-0.2, -0.15) is 0 Å². The van der Waals surface area contributed by atoms with E-state index < -0.39 is 5.91 Å². The molecule has 0 fully saturated rings. The summed E-state index contributed by atoms with van der Waals surface area (Å²) in [6, 6.07) is 12.4. The zero-order chi connectivity index (χ0) is 21.1. The van der Waals surface area contributed by atoms with Crippen LogP contribution in [0.25, 0.3) is 16.6 Å². The van der Waals surface area contributed by atoms with Crippen LogP contribution in [0.4, 0.5) is 5.69 Å². The predicted molar refractivity (Wildman–Crippen MR) is 116 cm³/mol. The van der Waals surface area contributed by atoms with E-state index in [2.05, 4.69) is 22.5 Å². The third kappa shape index (κ3) is 3.75. The van der Waals surface area contributed by atoms with Crippen molar-refractivity contribution in [1.29, 1.82) is 0 Å². The Morgan fingerprint density at radius 3 is 2.67 bits per heavy atom. The minimum Gasteiger partial charge on any atom is -0.380 e. The van der Waals surface area contributed by atoms with Crippen LogP contribution in [-0.4, -0.2) is 20.7 Å². The summed E-state index contributed by atoms with van der Waals surface area (Å²) in [5.74, 6) is 0.0943. The van der Waals surface area contributed by atoms with E-state index in [1.165, 1.54) is 0 Å². The fourth-order valence-electron chi connectivity index (χ4n) is 3.59. The van der Waals surface area contributed by atoms with E-state index in [1.807, 2.05) is 31.2 Å². The summed E-state index contributed by atoms with van der Waals surface area (Å²) in [7, 11) is 0. The highest BCUT2D eigenvalue weighted by atomic mass is 16.5. The highest BCUT2D eigenvalue weighted by molar-refractivity contribution is 5.93. The SMILES string of the molecule is Cc1nc2cccc(NCc3ccc(C(=O)NO)cc3)c2c(=O)n1C1=CCCC=C1. The molecule has 1 aromatic heterocycles. The van der Waals surface area contributed by atoms with Gasteiger partial charge >= 0.3 is 0 Å². The van der Waals surface area contributed by atoms with Crippen LogP contribution in [0, 0.1) is 6.92 Å². The standard InChI is InChI=1S/C23H22N4O3/c1-15-25-20-9-5-8-19(21(20)23(29)27(15)18-6-3-2-4-7-18)24-14-16-10-12-17(13-11-16)22(28)26-30/h3,5-13,24,30H,2,4,14H2,1H3,(H,26,28). The molecule has 7 nitrogen and oxygen atoms in total. The number of benzene rings is 2. The molecule has 4 rings (SSSR count). The smallest absolute Gasteiger partial charge is 0.274 e. The van der Waals surface area contributed by atoms with Crippen LogP contribution in [0.5, 0.6) is 0 Å². The van der Waals surface area contributed by atoms with E-state index in [9.17, 15) is 9.59 Å². The minimum absolute atomic E-state index is 0.103. The van der Waals surface area contributed by atoms with Crippen LogP contribution < -0.4 is 16.4 Å². The van der Waals surface area contributed by atoms with Crippen LogP contribution in [0.15, 0.2) is 65.5 Å². The number of rotatable bonds is 5. The highest BCUT2D eigenvalue weighted by Gasteiger charge is 2.14. The van der Waals surface area contributed by atoms with Gasteiger partial charge in [-0.15, -0.1) is 0 Å². The van der Waals surface area contributed by atoms with Gasteiger partial charge in [0.15, 0.2) is 0 Å². The second kappa shape index (κ2) is 8.34. The van der Waals surface area contributed by atoms with Crippen molar-refractivity contribution in [3.63, 3.8) is 0 Å². The number of nitrogens with one attached hydrogen (secondary N) is 2. The van der Waals surface area contributed by atoms with Gasteiger partial charge in [0.1, 0.15) is 5.82 Å². The summed E-state index contributed by atoms with van der Waals surface area (Å²) in [6.45, 7) is 2.31. The van der Waals surface area contributed by atoms with Crippen molar-refractivity contribution in [2.24, 2.45) is 0 Å². The van der Waals surface area contributed by atoms with Crippen molar-refractivity contribution in [1.82, 2.24) is 15.0 Å². The molecule has 0 aliphatic heterocycles. The second-order valence-corrected chi connectivity index (χ2v) is 7.10. The van der Waals surface area contributed by atoms with Crippen LogP contribution >= 0.6 is 0 Å². The van der Waals surface area contributed by atoms with Crippen LogP contribution in [0.2, 0.25) is 0 Å². The van der Waals surface area contributed by atoms with Crippen LogP contribution in [-0.2, 0) is 6.54 Å². The molecule has 152 valence electrons. The van der Waals surface area contributed by atoms with Gasteiger partial charge in [0, 0.05) is 23.5 Å². The van der Waals surface area contributed by atoms with Gasteiger partial charge in [0.2, 0.25) is 0 Å². The molecule has 0 saturated carbocycles. The Hall–Kier alpha value is -3.71. The van der Waals surface area contributed by atoms with Gasteiger partial charge in [0.25, 0.3) is 11.5 Å². The first-order valence-electron chi connectivity index (χ1n) is 9.75. The van der Waals surface area contributed by atoms with E-state index in [0.717, 1.165) is 24.1 Å². The number of nitrogens with zero attached hydrogens (tertiary/aromatic N) is 2. The summed E-state index contributed by atoms with van der Waals surface area (Å²) in [6.07, 6.45) is 7.97. The lowest BCUT2D eigenvalue weighted by molar-refractivity contribution is 0.0706. The Labute approximate surface area is 173 Å². The Bertz CT molecular complexity index is 1220. The van der Waals surface area contributed by atoms with Crippen molar-refractivity contribution in [2.45, 2.75) is 26.3 Å². The molecule has 1 amide bonds. The second-order valence-electron chi connectivity index (χ2n) is 7.10. The van der Waals surface area contributed by atoms with Gasteiger partial charge in [-0.25, -0.2) is 10.5 Å². The topological polar surface area (TPSA) is 96.2 Å². The quantitative estimate of drug-likeness (QED) is 0.447. The monoisotopic (exact) mass is 402 g/mol. The maximum Gasteiger partial charge on any atom is 0.274 e. The Kier molecular flexibility index (Phi) is 5.45. The molecular weight excluding hydrogens is 380 g/mol. The molecule has 0 bridgehead atoms. The molecule has 0 saturated heterocycles. The summed E-state index contributed by atoms with van der Waals surface area (Å²) < 4.78 is 1.66. The minimum atomic E-state index is -0.559. The maximum absolute atomic E-state index is 13.4. The van der Waals surface area contributed by atoms with E-state index in [1.54, 1.807) is 34.3 Å². The summed E-state index contributed by atoms with van der Waals surface area (Å²) >= 11 is 0.